The van der Waals surface area contributed by atoms with E-state index >= 15 is 0 Å². The highest BCUT2D eigenvalue weighted by Crippen LogP contribution is 2.39. The molecule has 24 heavy (non-hydrogen) atoms. The molecule has 130 valence electrons. The van der Waals surface area contributed by atoms with Gasteiger partial charge < -0.3 is 9.84 Å². The normalized spacial score (nSPS) is 19.6. The highest BCUT2D eigenvalue weighted by atomic mass is 19.1. The third-order valence-electron chi connectivity index (χ3n) is 4.75. The van der Waals surface area contributed by atoms with E-state index in [1.165, 1.54) is 12.1 Å². The molecule has 0 amide bonds. The number of benzene rings is 1. The van der Waals surface area contributed by atoms with E-state index in [0.717, 1.165) is 36.5 Å². The summed E-state index contributed by atoms with van der Waals surface area (Å²) < 4.78 is 20.7. The molecule has 2 heterocycles. The maximum absolute atomic E-state index is 13.4. The molecule has 1 fully saturated rings. The molecule has 6 heteroatoms. The number of aliphatic hydroxyl groups excluding tert-OH is 1. The number of halogens is 1. The van der Waals surface area contributed by atoms with Gasteiger partial charge in [-0.2, -0.15) is 5.10 Å². The van der Waals surface area contributed by atoms with Crippen LogP contribution in [0.2, 0.25) is 0 Å². The highest BCUT2D eigenvalue weighted by molar-refractivity contribution is 5.35. The number of aryl methyl sites for hydroxylation is 2. The van der Waals surface area contributed by atoms with Crippen LogP contribution in [0.3, 0.4) is 0 Å². The first-order valence-corrected chi connectivity index (χ1v) is 8.26. The van der Waals surface area contributed by atoms with Crippen molar-refractivity contribution < 1.29 is 14.2 Å². The van der Waals surface area contributed by atoms with Gasteiger partial charge in [0.1, 0.15) is 5.82 Å². The largest absolute Gasteiger partial charge is 0.481 e. The molecule has 3 rings (SSSR count). The molecule has 0 aliphatic carbocycles. The molecule has 0 spiro atoms. The lowest BCUT2D eigenvalue weighted by Crippen LogP contribution is -2.29. The molecule has 1 aliphatic heterocycles. The Morgan fingerprint density at radius 2 is 2.25 bits per heavy atom. The van der Waals surface area contributed by atoms with E-state index in [-0.39, 0.29) is 11.9 Å². The second-order valence-electron chi connectivity index (χ2n) is 6.36. The number of aliphatic hydroxyl groups is 1. The van der Waals surface area contributed by atoms with Gasteiger partial charge in [-0.25, -0.2) is 9.07 Å². The molecule has 0 unspecified atom stereocenters. The van der Waals surface area contributed by atoms with E-state index in [0.29, 0.717) is 12.1 Å². The average Bonchev–Trinajstić information content (AvgIpc) is 3.10. The van der Waals surface area contributed by atoms with Crippen molar-refractivity contribution in [1.82, 2.24) is 14.7 Å². The van der Waals surface area contributed by atoms with Crippen molar-refractivity contribution in [3.05, 3.63) is 46.9 Å². The minimum atomic E-state index is -0.718. The van der Waals surface area contributed by atoms with Crippen LogP contribution in [0.25, 0.3) is 0 Å². The molecule has 2 atom stereocenters. The average molecular weight is 333 g/mol. The van der Waals surface area contributed by atoms with Crippen LogP contribution in [0.1, 0.15) is 41.8 Å². The highest BCUT2D eigenvalue weighted by Gasteiger charge is 2.33. The molecule has 2 aromatic rings. The Morgan fingerprint density at radius 3 is 2.96 bits per heavy atom. The fourth-order valence-electron chi connectivity index (χ4n) is 3.69. The summed E-state index contributed by atoms with van der Waals surface area (Å²) >= 11 is 0. The Morgan fingerprint density at radius 1 is 1.46 bits per heavy atom. The lowest BCUT2D eigenvalue weighted by molar-refractivity contribution is 0.105. The summed E-state index contributed by atoms with van der Waals surface area (Å²) in [6.07, 6.45) is 1.33. The topological polar surface area (TPSA) is 50.5 Å². The fourth-order valence-corrected chi connectivity index (χ4v) is 3.69. The minimum Gasteiger partial charge on any atom is -0.481 e. The number of likely N-dealkylation sites (tertiary alicyclic amines) is 1. The van der Waals surface area contributed by atoms with E-state index in [1.54, 1.807) is 23.9 Å². The van der Waals surface area contributed by atoms with Crippen LogP contribution in [0.15, 0.2) is 24.3 Å². The van der Waals surface area contributed by atoms with Crippen LogP contribution in [-0.4, -0.2) is 40.0 Å². The standard InChI is InChI=1S/C18H24FN3O2/c1-12-17(18(24-3)21(2)20-12)15-8-5-9-22(15)11-16(23)13-6-4-7-14(19)10-13/h4,6-7,10,15-16,23H,5,8-9,11H2,1-3H3/t15-,16+/m0/s1. The maximum Gasteiger partial charge on any atom is 0.216 e. The summed E-state index contributed by atoms with van der Waals surface area (Å²) in [5.74, 6) is 0.443. The summed E-state index contributed by atoms with van der Waals surface area (Å²) in [4.78, 5) is 2.24. The lowest BCUT2D eigenvalue weighted by Gasteiger charge is -2.27. The number of rotatable bonds is 5. The first-order chi connectivity index (χ1) is 11.5. The quantitative estimate of drug-likeness (QED) is 0.914. The minimum absolute atomic E-state index is 0.164. The molecule has 1 aromatic carbocycles. The van der Waals surface area contributed by atoms with E-state index in [9.17, 15) is 9.50 Å². The zero-order valence-electron chi connectivity index (χ0n) is 14.4. The maximum atomic E-state index is 13.4. The molecule has 0 bridgehead atoms. The second kappa shape index (κ2) is 6.91. The zero-order valence-corrected chi connectivity index (χ0v) is 14.4. The van der Waals surface area contributed by atoms with Crippen molar-refractivity contribution in [2.45, 2.75) is 31.9 Å². The van der Waals surface area contributed by atoms with E-state index in [1.807, 2.05) is 14.0 Å². The number of aromatic nitrogens is 2. The van der Waals surface area contributed by atoms with Crippen LogP contribution in [0, 0.1) is 12.7 Å². The van der Waals surface area contributed by atoms with Gasteiger partial charge in [0.2, 0.25) is 5.88 Å². The molecule has 0 saturated carbocycles. The van der Waals surface area contributed by atoms with Crippen molar-refractivity contribution in [3.8, 4) is 5.88 Å². The first-order valence-electron chi connectivity index (χ1n) is 8.26. The van der Waals surface area contributed by atoms with E-state index in [4.69, 9.17) is 4.74 Å². The van der Waals surface area contributed by atoms with Crippen molar-refractivity contribution in [2.75, 3.05) is 20.2 Å². The Hall–Kier alpha value is -1.92. The molecule has 1 aliphatic rings. The summed E-state index contributed by atoms with van der Waals surface area (Å²) in [5.41, 5.74) is 2.64. The SMILES string of the molecule is COc1c([C@@H]2CCCN2C[C@@H](O)c2cccc(F)c2)c(C)nn1C. The summed E-state index contributed by atoms with van der Waals surface area (Å²) in [6, 6.07) is 6.33. The van der Waals surface area contributed by atoms with Crippen LogP contribution in [0.5, 0.6) is 5.88 Å². The Bertz CT molecular complexity index is 716. The fraction of sp³-hybridized carbons (Fsp3) is 0.500. The number of hydrogen-bond donors (Lipinski definition) is 1. The summed E-state index contributed by atoms with van der Waals surface area (Å²) in [6.45, 7) is 3.34. The number of nitrogens with zero attached hydrogens (tertiary/aromatic N) is 3. The molecule has 0 radical (unpaired) electrons. The second-order valence-corrected chi connectivity index (χ2v) is 6.36. The molecular weight excluding hydrogens is 309 g/mol. The first kappa shape index (κ1) is 16.9. The van der Waals surface area contributed by atoms with Crippen molar-refractivity contribution >= 4 is 0 Å². The number of ether oxygens (including phenoxy) is 1. The van der Waals surface area contributed by atoms with Crippen molar-refractivity contribution in [2.24, 2.45) is 7.05 Å². The Kier molecular flexibility index (Phi) is 4.87. The van der Waals surface area contributed by atoms with Gasteiger partial charge in [0.25, 0.3) is 0 Å². The van der Waals surface area contributed by atoms with Crippen LogP contribution in [-0.2, 0) is 7.05 Å². The smallest absolute Gasteiger partial charge is 0.216 e. The Balaban J connectivity index is 1.81. The van der Waals surface area contributed by atoms with Crippen molar-refractivity contribution in [1.29, 1.82) is 0 Å². The molecule has 5 nitrogen and oxygen atoms in total. The predicted octanol–water partition coefficient (Wildman–Crippen LogP) is 2.75. The van der Waals surface area contributed by atoms with Crippen molar-refractivity contribution in [3.63, 3.8) is 0 Å². The van der Waals surface area contributed by atoms with Gasteiger partial charge in [0, 0.05) is 19.6 Å². The van der Waals surface area contributed by atoms with Gasteiger partial charge in [-0.15, -0.1) is 0 Å². The third kappa shape index (κ3) is 3.16. The van der Waals surface area contributed by atoms with E-state index in [2.05, 4.69) is 10.00 Å². The van der Waals surface area contributed by atoms with Gasteiger partial charge in [-0.1, -0.05) is 12.1 Å². The number of hydrogen-bond acceptors (Lipinski definition) is 4. The van der Waals surface area contributed by atoms with Crippen LogP contribution in [0.4, 0.5) is 4.39 Å². The summed E-state index contributed by atoms with van der Waals surface area (Å²) in [7, 11) is 3.52. The zero-order chi connectivity index (χ0) is 17.3. The third-order valence-corrected chi connectivity index (χ3v) is 4.75. The summed E-state index contributed by atoms with van der Waals surface area (Å²) in [5, 5.41) is 15.0. The molecular formula is C18H24FN3O2. The predicted molar refractivity (Wildman–Crippen MR) is 89.4 cm³/mol. The number of β-amino-alcohol motifs (C(OH)–C–C–N with tert-alkyl or cyclic N) is 1. The Labute approximate surface area is 141 Å². The van der Waals surface area contributed by atoms with Gasteiger partial charge in [0.15, 0.2) is 0 Å². The van der Waals surface area contributed by atoms with E-state index < -0.39 is 6.10 Å². The monoisotopic (exact) mass is 333 g/mol. The molecule has 1 aromatic heterocycles. The number of methoxy groups -OCH3 is 1. The van der Waals surface area contributed by atoms with Crippen LogP contribution >= 0.6 is 0 Å². The van der Waals surface area contributed by atoms with Crippen LogP contribution < -0.4 is 4.74 Å². The molecule has 1 saturated heterocycles. The lowest BCUT2D eigenvalue weighted by atomic mass is 10.0. The van der Waals surface area contributed by atoms with Gasteiger partial charge >= 0.3 is 0 Å². The van der Waals surface area contributed by atoms with Gasteiger partial charge in [0.05, 0.1) is 24.5 Å². The molecule has 1 N–H and O–H groups in total. The van der Waals surface area contributed by atoms with Gasteiger partial charge in [-0.05, 0) is 44.0 Å². The van der Waals surface area contributed by atoms with Gasteiger partial charge in [-0.3, -0.25) is 4.90 Å².